The molecule has 0 spiro atoms. The van der Waals surface area contributed by atoms with Crippen LogP contribution in [0.1, 0.15) is 5.56 Å². The third-order valence-electron chi connectivity index (χ3n) is 1.77. The number of hydrogen-bond donors (Lipinski definition) is 3. The van der Waals surface area contributed by atoms with E-state index in [9.17, 15) is 4.79 Å². The van der Waals surface area contributed by atoms with Gasteiger partial charge in [0.05, 0.1) is 0 Å². The molecule has 0 aliphatic carbocycles. The molecule has 3 N–H and O–H groups in total. The zero-order valence-electron chi connectivity index (χ0n) is 8.49. The van der Waals surface area contributed by atoms with E-state index >= 15 is 0 Å². The summed E-state index contributed by atoms with van der Waals surface area (Å²) in [4.78, 5) is 11.1. The van der Waals surface area contributed by atoms with Crippen molar-refractivity contribution < 1.29 is 14.6 Å². The summed E-state index contributed by atoms with van der Waals surface area (Å²) in [6, 6.07) is 6.34. The molecular weight excluding hydrogens is 196 g/mol. The number of aromatic hydroxyl groups is 1. The molecule has 1 aromatic carbocycles. The molecule has 1 rings (SSSR count). The summed E-state index contributed by atoms with van der Waals surface area (Å²) in [6.07, 6.45) is 0. The van der Waals surface area contributed by atoms with Crippen molar-refractivity contribution in [2.45, 2.75) is 6.54 Å². The number of amides is 2. The van der Waals surface area contributed by atoms with Gasteiger partial charge in [0.1, 0.15) is 12.5 Å². The predicted molar refractivity (Wildman–Crippen MR) is 55.4 cm³/mol. The van der Waals surface area contributed by atoms with Gasteiger partial charge in [0.2, 0.25) is 0 Å². The van der Waals surface area contributed by atoms with Crippen LogP contribution in [0.2, 0.25) is 0 Å². The number of methoxy groups -OCH3 is 1. The van der Waals surface area contributed by atoms with Crippen molar-refractivity contribution in [1.29, 1.82) is 0 Å². The summed E-state index contributed by atoms with van der Waals surface area (Å²) >= 11 is 0. The quantitative estimate of drug-likeness (QED) is 0.643. The minimum Gasteiger partial charge on any atom is -0.508 e. The molecule has 0 saturated carbocycles. The van der Waals surface area contributed by atoms with Gasteiger partial charge in [0, 0.05) is 13.7 Å². The molecule has 82 valence electrons. The largest absolute Gasteiger partial charge is 0.508 e. The van der Waals surface area contributed by atoms with E-state index in [2.05, 4.69) is 15.4 Å². The van der Waals surface area contributed by atoms with Gasteiger partial charge in [0.25, 0.3) is 0 Å². The van der Waals surface area contributed by atoms with Crippen LogP contribution in [0.5, 0.6) is 5.75 Å². The summed E-state index contributed by atoms with van der Waals surface area (Å²) in [6.45, 7) is 0.594. The average molecular weight is 210 g/mol. The molecular formula is C10H14N2O3. The van der Waals surface area contributed by atoms with Crippen LogP contribution in [0.3, 0.4) is 0 Å². The van der Waals surface area contributed by atoms with Gasteiger partial charge in [-0.1, -0.05) is 12.1 Å². The van der Waals surface area contributed by atoms with E-state index < -0.39 is 0 Å². The SMILES string of the molecule is COCNC(=O)NCc1ccc(O)cc1. The number of hydrogen-bond acceptors (Lipinski definition) is 3. The van der Waals surface area contributed by atoms with E-state index in [0.29, 0.717) is 6.54 Å². The Hall–Kier alpha value is -1.75. The van der Waals surface area contributed by atoms with Crippen LogP contribution in [0.4, 0.5) is 4.79 Å². The average Bonchev–Trinajstić information content (AvgIpc) is 2.25. The highest BCUT2D eigenvalue weighted by molar-refractivity contribution is 5.73. The predicted octanol–water partition coefficient (Wildman–Crippen LogP) is 0.795. The Morgan fingerprint density at radius 1 is 1.33 bits per heavy atom. The highest BCUT2D eigenvalue weighted by Gasteiger charge is 1.98. The van der Waals surface area contributed by atoms with Gasteiger partial charge < -0.3 is 20.5 Å². The summed E-state index contributed by atoms with van der Waals surface area (Å²) in [5, 5.41) is 14.2. The second-order valence-electron chi connectivity index (χ2n) is 2.96. The summed E-state index contributed by atoms with van der Waals surface area (Å²) in [7, 11) is 1.50. The van der Waals surface area contributed by atoms with E-state index in [0.717, 1.165) is 5.56 Å². The molecule has 0 aliphatic rings. The third-order valence-corrected chi connectivity index (χ3v) is 1.77. The third kappa shape index (κ3) is 4.33. The number of rotatable bonds is 4. The lowest BCUT2D eigenvalue weighted by Crippen LogP contribution is -2.36. The van der Waals surface area contributed by atoms with Crippen LogP contribution in [0.25, 0.3) is 0 Å². The molecule has 5 nitrogen and oxygen atoms in total. The molecule has 15 heavy (non-hydrogen) atoms. The van der Waals surface area contributed by atoms with Crippen molar-refractivity contribution in [3.63, 3.8) is 0 Å². The lowest BCUT2D eigenvalue weighted by molar-refractivity contribution is 0.172. The molecule has 0 atom stereocenters. The first-order chi connectivity index (χ1) is 7.22. The van der Waals surface area contributed by atoms with Crippen molar-refractivity contribution in [1.82, 2.24) is 10.6 Å². The highest BCUT2D eigenvalue weighted by Crippen LogP contribution is 2.08. The lowest BCUT2D eigenvalue weighted by atomic mass is 10.2. The molecule has 0 heterocycles. The second kappa shape index (κ2) is 5.87. The van der Waals surface area contributed by atoms with Crippen LogP contribution in [0.15, 0.2) is 24.3 Å². The van der Waals surface area contributed by atoms with E-state index in [-0.39, 0.29) is 18.5 Å². The summed E-state index contributed by atoms with van der Waals surface area (Å²) in [5.74, 6) is 0.211. The monoisotopic (exact) mass is 210 g/mol. The van der Waals surface area contributed by atoms with Gasteiger partial charge >= 0.3 is 6.03 Å². The van der Waals surface area contributed by atoms with E-state index in [1.165, 1.54) is 7.11 Å². The Balaban J connectivity index is 2.30. The van der Waals surface area contributed by atoms with Gasteiger partial charge in [-0.25, -0.2) is 4.79 Å². The Morgan fingerprint density at radius 3 is 2.60 bits per heavy atom. The minimum absolute atomic E-state index is 0.182. The number of ether oxygens (including phenoxy) is 1. The first-order valence-electron chi connectivity index (χ1n) is 4.51. The summed E-state index contributed by atoms with van der Waals surface area (Å²) < 4.78 is 4.68. The molecule has 0 fully saturated rings. The fourth-order valence-corrected chi connectivity index (χ4v) is 0.996. The van der Waals surface area contributed by atoms with Crippen LogP contribution in [-0.2, 0) is 11.3 Å². The smallest absolute Gasteiger partial charge is 0.316 e. The summed E-state index contributed by atoms with van der Waals surface area (Å²) in [5.41, 5.74) is 0.917. The fourth-order valence-electron chi connectivity index (χ4n) is 0.996. The second-order valence-corrected chi connectivity index (χ2v) is 2.96. The van der Waals surface area contributed by atoms with Crippen LogP contribution >= 0.6 is 0 Å². The number of carbonyl (C=O) groups is 1. The molecule has 0 unspecified atom stereocenters. The number of carbonyl (C=O) groups excluding carboxylic acids is 1. The first-order valence-corrected chi connectivity index (χ1v) is 4.51. The Morgan fingerprint density at radius 2 is 2.00 bits per heavy atom. The molecule has 0 saturated heterocycles. The minimum atomic E-state index is -0.287. The molecule has 5 heteroatoms. The number of nitrogens with one attached hydrogen (secondary N) is 2. The van der Waals surface area contributed by atoms with Crippen molar-refractivity contribution >= 4 is 6.03 Å². The maximum absolute atomic E-state index is 11.1. The topological polar surface area (TPSA) is 70.6 Å². The van der Waals surface area contributed by atoms with E-state index in [4.69, 9.17) is 5.11 Å². The van der Waals surface area contributed by atoms with Gasteiger partial charge in [-0.3, -0.25) is 0 Å². The Kier molecular flexibility index (Phi) is 4.43. The molecule has 0 bridgehead atoms. The number of phenols is 1. The van der Waals surface area contributed by atoms with Crippen LogP contribution < -0.4 is 10.6 Å². The maximum Gasteiger partial charge on any atom is 0.316 e. The molecule has 0 aromatic heterocycles. The number of benzene rings is 1. The zero-order chi connectivity index (χ0) is 11.1. The van der Waals surface area contributed by atoms with Gasteiger partial charge in [-0.2, -0.15) is 0 Å². The molecule has 2 amide bonds. The van der Waals surface area contributed by atoms with Gasteiger partial charge in [0.15, 0.2) is 0 Å². The van der Waals surface area contributed by atoms with Crippen molar-refractivity contribution in [2.24, 2.45) is 0 Å². The number of urea groups is 1. The van der Waals surface area contributed by atoms with E-state index in [1.54, 1.807) is 24.3 Å². The van der Waals surface area contributed by atoms with Gasteiger partial charge in [-0.05, 0) is 17.7 Å². The number of phenolic OH excluding ortho intramolecular Hbond substituents is 1. The lowest BCUT2D eigenvalue weighted by Gasteiger charge is -2.06. The maximum atomic E-state index is 11.1. The molecule has 1 aromatic rings. The molecule has 0 aliphatic heterocycles. The zero-order valence-corrected chi connectivity index (χ0v) is 8.49. The fraction of sp³-hybridized carbons (Fsp3) is 0.300. The van der Waals surface area contributed by atoms with Crippen molar-refractivity contribution in [2.75, 3.05) is 13.8 Å². The normalized spacial score (nSPS) is 9.67. The highest BCUT2D eigenvalue weighted by atomic mass is 16.5. The van der Waals surface area contributed by atoms with Crippen molar-refractivity contribution in [3.05, 3.63) is 29.8 Å². The first kappa shape index (κ1) is 11.3. The Labute approximate surface area is 88.1 Å². The van der Waals surface area contributed by atoms with Gasteiger partial charge in [-0.15, -0.1) is 0 Å². The van der Waals surface area contributed by atoms with Crippen LogP contribution in [-0.4, -0.2) is 25.0 Å². The van der Waals surface area contributed by atoms with Crippen LogP contribution in [0, 0.1) is 0 Å². The van der Waals surface area contributed by atoms with E-state index in [1.807, 2.05) is 0 Å². The van der Waals surface area contributed by atoms with Crippen molar-refractivity contribution in [3.8, 4) is 5.75 Å². The standard InChI is InChI=1S/C10H14N2O3/c1-15-7-12-10(14)11-6-8-2-4-9(13)5-3-8/h2-5,13H,6-7H2,1H3,(H2,11,12,14). The molecule has 0 radical (unpaired) electrons. The Bertz CT molecular complexity index is 311.